The van der Waals surface area contributed by atoms with Crippen LogP contribution in [0.2, 0.25) is 0 Å². The van der Waals surface area contributed by atoms with Gasteiger partial charge in [0.2, 0.25) is 0 Å². The SMILES string of the molecule is CC(C)S(=O)(=O)C[C@@H]1CC(NC(=O)O)CC[C@@H]1N. The molecule has 3 atom stereocenters. The minimum Gasteiger partial charge on any atom is -0.465 e. The zero-order chi connectivity index (χ0) is 13.9. The summed E-state index contributed by atoms with van der Waals surface area (Å²) in [4.78, 5) is 10.6. The summed E-state index contributed by atoms with van der Waals surface area (Å²) in [6.07, 6.45) is 0.759. The lowest BCUT2D eigenvalue weighted by atomic mass is 9.83. The van der Waals surface area contributed by atoms with Crippen LogP contribution in [0.4, 0.5) is 4.79 Å². The molecule has 1 unspecified atom stereocenters. The number of amides is 1. The van der Waals surface area contributed by atoms with Crippen molar-refractivity contribution in [2.45, 2.75) is 50.4 Å². The first-order chi connectivity index (χ1) is 8.22. The Balaban J connectivity index is 2.66. The summed E-state index contributed by atoms with van der Waals surface area (Å²) < 4.78 is 23.8. The number of carbonyl (C=O) groups is 1. The molecule has 4 N–H and O–H groups in total. The first-order valence-corrected chi connectivity index (χ1v) is 7.90. The van der Waals surface area contributed by atoms with Gasteiger partial charge in [-0.25, -0.2) is 13.2 Å². The molecular weight excluding hydrogens is 256 g/mol. The third-order valence-electron chi connectivity index (χ3n) is 3.53. The highest BCUT2D eigenvalue weighted by Crippen LogP contribution is 2.26. The van der Waals surface area contributed by atoms with E-state index in [1.54, 1.807) is 13.8 Å². The summed E-state index contributed by atoms with van der Waals surface area (Å²) in [5, 5.41) is 10.7. The molecule has 0 aliphatic heterocycles. The molecular formula is C11H22N2O4S. The molecule has 0 spiro atoms. The minimum atomic E-state index is -3.14. The van der Waals surface area contributed by atoms with Gasteiger partial charge in [-0.1, -0.05) is 0 Å². The van der Waals surface area contributed by atoms with Crippen LogP contribution in [0.25, 0.3) is 0 Å². The highest BCUT2D eigenvalue weighted by atomic mass is 32.2. The van der Waals surface area contributed by atoms with E-state index >= 15 is 0 Å². The van der Waals surface area contributed by atoms with E-state index in [0.29, 0.717) is 19.3 Å². The van der Waals surface area contributed by atoms with Gasteiger partial charge in [0.15, 0.2) is 9.84 Å². The van der Waals surface area contributed by atoms with E-state index in [2.05, 4.69) is 5.32 Å². The second kappa shape index (κ2) is 5.88. The molecule has 7 heteroatoms. The molecule has 1 rings (SSSR count). The van der Waals surface area contributed by atoms with Crippen molar-refractivity contribution >= 4 is 15.9 Å². The Morgan fingerprint density at radius 2 is 2.06 bits per heavy atom. The Bertz CT molecular complexity index is 394. The molecule has 1 aliphatic carbocycles. The molecule has 18 heavy (non-hydrogen) atoms. The zero-order valence-corrected chi connectivity index (χ0v) is 11.6. The smallest absolute Gasteiger partial charge is 0.404 e. The Kier molecular flexibility index (Phi) is 4.98. The fourth-order valence-corrected chi connectivity index (χ4v) is 3.64. The van der Waals surface area contributed by atoms with Gasteiger partial charge in [-0.05, 0) is 39.0 Å². The normalized spacial score (nSPS) is 29.2. The number of nitrogens with two attached hydrogens (primary N) is 1. The van der Waals surface area contributed by atoms with Gasteiger partial charge in [0.1, 0.15) is 0 Å². The highest BCUT2D eigenvalue weighted by molar-refractivity contribution is 7.91. The van der Waals surface area contributed by atoms with Crippen LogP contribution in [-0.2, 0) is 9.84 Å². The molecule has 106 valence electrons. The van der Waals surface area contributed by atoms with Gasteiger partial charge < -0.3 is 16.2 Å². The molecule has 1 aliphatic rings. The van der Waals surface area contributed by atoms with Crippen molar-refractivity contribution in [3.05, 3.63) is 0 Å². The molecule has 1 amide bonds. The van der Waals surface area contributed by atoms with Crippen molar-refractivity contribution in [3.8, 4) is 0 Å². The summed E-state index contributed by atoms with van der Waals surface area (Å²) in [6, 6.07) is -0.347. The van der Waals surface area contributed by atoms with Crippen LogP contribution >= 0.6 is 0 Å². The monoisotopic (exact) mass is 278 g/mol. The van der Waals surface area contributed by atoms with Crippen LogP contribution in [0.15, 0.2) is 0 Å². The quantitative estimate of drug-likeness (QED) is 0.696. The zero-order valence-electron chi connectivity index (χ0n) is 10.8. The summed E-state index contributed by atoms with van der Waals surface area (Å²) in [5.41, 5.74) is 5.94. The summed E-state index contributed by atoms with van der Waals surface area (Å²) in [7, 11) is -3.14. The molecule has 0 saturated heterocycles. The molecule has 1 saturated carbocycles. The van der Waals surface area contributed by atoms with Crippen LogP contribution in [-0.4, -0.2) is 42.7 Å². The lowest BCUT2D eigenvalue weighted by Crippen LogP contribution is -2.47. The summed E-state index contributed by atoms with van der Waals surface area (Å²) in [6.45, 7) is 3.30. The van der Waals surface area contributed by atoms with Gasteiger partial charge in [-0.15, -0.1) is 0 Å². The predicted octanol–water partition coefficient (Wildman–Crippen LogP) is 0.573. The van der Waals surface area contributed by atoms with Crippen molar-refractivity contribution in [2.75, 3.05) is 5.75 Å². The van der Waals surface area contributed by atoms with E-state index in [9.17, 15) is 13.2 Å². The average Bonchev–Trinajstić information content (AvgIpc) is 2.21. The molecule has 0 radical (unpaired) electrons. The molecule has 0 aromatic rings. The van der Waals surface area contributed by atoms with Gasteiger partial charge in [-0.3, -0.25) is 0 Å². The molecule has 6 nitrogen and oxygen atoms in total. The van der Waals surface area contributed by atoms with Crippen LogP contribution in [0.5, 0.6) is 0 Å². The van der Waals surface area contributed by atoms with Crippen LogP contribution < -0.4 is 11.1 Å². The summed E-state index contributed by atoms with van der Waals surface area (Å²) in [5.74, 6) is -0.119. The number of nitrogens with one attached hydrogen (secondary N) is 1. The Morgan fingerprint density at radius 3 is 2.56 bits per heavy atom. The topological polar surface area (TPSA) is 109 Å². The van der Waals surface area contributed by atoms with E-state index < -0.39 is 21.2 Å². The first kappa shape index (κ1) is 15.2. The largest absolute Gasteiger partial charge is 0.465 e. The van der Waals surface area contributed by atoms with E-state index in [4.69, 9.17) is 10.8 Å². The van der Waals surface area contributed by atoms with Gasteiger partial charge >= 0.3 is 6.09 Å². The molecule has 0 aromatic carbocycles. The van der Waals surface area contributed by atoms with Crippen LogP contribution in [0.1, 0.15) is 33.1 Å². The Labute approximate surface area is 108 Å². The third-order valence-corrected chi connectivity index (χ3v) is 5.86. The molecule has 0 heterocycles. The van der Waals surface area contributed by atoms with Gasteiger partial charge in [0, 0.05) is 12.1 Å². The maximum Gasteiger partial charge on any atom is 0.404 e. The van der Waals surface area contributed by atoms with Crippen LogP contribution in [0, 0.1) is 5.92 Å². The molecule has 1 fully saturated rings. The maximum atomic E-state index is 11.9. The lowest BCUT2D eigenvalue weighted by Gasteiger charge is -2.34. The van der Waals surface area contributed by atoms with Gasteiger partial charge in [0.25, 0.3) is 0 Å². The van der Waals surface area contributed by atoms with Crippen molar-refractivity contribution in [3.63, 3.8) is 0 Å². The van der Waals surface area contributed by atoms with E-state index in [1.807, 2.05) is 0 Å². The van der Waals surface area contributed by atoms with Crippen molar-refractivity contribution in [2.24, 2.45) is 11.7 Å². The van der Waals surface area contributed by atoms with Gasteiger partial charge in [0.05, 0.1) is 11.0 Å². The lowest BCUT2D eigenvalue weighted by molar-refractivity contribution is 0.179. The van der Waals surface area contributed by atoms with Gasteiger partial charge in [-0.2, -0.15) is 0 Å². The number of sulfone groups is 1. The molecule has 0 aromatic heterocycles. The van der Waals surface area contributed by atoms with Crippen molar-refractivity contribution in [1.82, 2.24) is 5.32 Å². The maximum absolute atomic E-state index is 11.9. The van der Waals surface area contributed by atoms with Crippen LogP contribution in [0.3, 0.4) is 0 Å². The summed E-state index contributed by atoms with van der Waals surface area (Å²) >= 11 is 0. The van der Waals surface area contributed by atoms with E-state index in [1.165, 1.54) is 0 Å². The number of rotatable bonds is 4. The highest BCUT2D eigenvalue weighted by Gasteiger charge is 2.33. The van der Waals surface area contributed by atoms with E-state index in [-0.39, 0.29) is 23.8 Å². The fourth-order valence-electron chi connectivity index (χ4n) is 2.28. The number of carboxylic acid groups (broad SMARTS) is 1. The second-order valence-corrected chi connectivity index (χ2v) is 7.86. The number of hydrogen-bond acceptors (Lipinski definition) is 4. The standard InChI is InChI=1S/C11H22N2O4S/c1-7(2)18(16,17)6-8-5-9(13-11(14)15)3-4-10(8)12/h7-10,13H,3-6,12H2,1-2H3,(H,14,15)/t8-,9?,10-/m0/s1. The second-order valence-electron chi connectivity index (χ2n) is 5.26. The average molecular weight is 278 g/mol. The third kappa shape index (κ3) is 4.13. The van der Waals surface area contributed by atoms with Crippen molar-refractivity contribution in [1.29, 1.82) is 0 Å². The van der Waals surface area contributed by atoms with Crippen molar-refractivity contribution < 1.29 is 18.3 Å². The number of hydrogen-bond donors (Lipinski definition) is 3. The molecule has 0 bridgehead atoms. The minimum absolute atomic E-state index is 0.0453. The van der Waals surface area contributed by atoms with E-state index in [0.717, 1.165) is 0 Å². The first-order valence-electron chi connectivity index (χ1n) is 6.19. The Morgan fingerprint density at radius 1 is 1.44 bits per heavy atom. The fraction of sp³-hybridized carbons (Fsp3) is 0.909. The Hall–Kier alpha value is -0.820. The predicted molar refractivity (Wildman–Crippen MR) is 69.2 cm³/mol.